The van der Waals surface area contributed by atoms with E-state index >= 15 is 0 Å². The standard InChI is InChI=1S/C16H21N3O3S/c1-10(2)11(3)19(9-12-6-5-7-22-12)15(21)13-8-17-16(23-4)18-14(13)20/h5-8,10-11H,9H2,1-4H3,(H,17,18,20)/t11-/m1/s1. The van der Waals surface area contributed by atoms with Gasteiger partial charge in [0, 0.05) is 12.2 Å². The summed E-state index contributed by atoms with van der Waals surface area (Å²) in [5.74, 6) is 0.575. The molecule has 0 bridgehead atoms. The van der Waals surface area contributed by atoms with Crippen molar-refractivity contribution in [3.63, 3.8) is 0 Å². The molecule has 23 heavy (non-hydrogen) atoms. The second kappa shape index (κ2) is 7.50. The maximum absolute atomic E-state index is 12.9. The van der Waals surface area contributed by atoms with Crippen molar-refractivity contribution in [1.29, 1.82) is 0 Å². The number of H-pyrrole nitrogens is 1. The lowest BCUT2D eigenvalue weighted by Gasteiger charge is -2.31. The van der Waals surface area contributed by atoms with Crippen LogP contribution in [0.1, 0.15) is 36.9 Å². The number of amides is 1. The lowest BCUT2D eigenvalue weighted by atomic mass is 10.0. The highest BCUT2D eigenvalue weighted by atomic mass is 32.2. The third kappa shape index (κ3) is 4.04. The molecule has 0 unspecified atom stereocenters. The predicted molar refractivity (Wildman–Crippen MR) is 89.5 cm³/mol. The molecule has 2 rings (SSSR count). The molecule has 0 spiro atoms. The molecule has 124 valence electrons. The first kappa shape index (κ1) is 17.3. The summed E-state index contributed by atoms with van der Waals surface area (Å²) in [6.45, 7) is 6.34. The molecule has 1 N–H and O–H groups in total. The van der Waals surface area contributed by atoms with Crippen LogP contribution in [0.2, 0.25) is 0 Å². The highest BCUT2D eigenvalue weighted by Gasteiger charge is 2.27. The summed E-state index contributed by atoms with van der Waals surface area (Å²) < 4.78 is 5.35. The molecule has 1 amide bonds. The van der Waals surface area contributed by atoms with Gasteiger partial charge in [0.15, 0.2) is 5.16 Å². The Balaban J connectivity index is 2.34. The second-order valence-electron chi connectivity index (χ2n) is 5.63. The fourth-order valence-electron chi connectivity index (χ4n) is 2.12. The van der Waals surface area contributed by atoms with Crippen molar-refractivity contribution in [1.82, 2.24) is 14.9 Å². The molecule has 0 saturated carbocycles. The summed E-state index contributed by atoms with van der Waals surface area (Å²) in [4.78, 5) is 33.4. The molecule has 0 aliphatic carbocycles. The van der Waals surface area contributed by atoms with E-state index in [9.17, 15) is 9.59 Å². The number of hydrogen-bond donors (Lipinski definition) is 1. The van der Waals surface area contributed by atoms with Gasteiger partial charge in [0.05, 0.1) is 12.8 Å². The Hall–Kier alpha value is -2.02. The van der Waals surface area contributed by atoms with E-state index in [-0.39, 0.29) is 23.4 Å². The van der Waals surface area contributed by atoms with Gasteiger partial charge >= 0.3 is 0 Å². The minimum absolute atomic E-state index is 0.0434. The van der Waals surface area contributed by atoms with E-state index in [4.69, 9.17) is 4.42 Å². The molecule has 0 saturated heterocycles. The van der Waals surface area contributed by atoms with E-state index in [1.54, 1.807) is 17.2 Å². The smallest absolute Gasteiger partial charge is 0.264 e. The quantitative estimate of drug-likeness (QED) is 0.648. The zero-order valence-electron chi connectivity index (χ0n) is 13.7. The molecule has 0 fully saturated rings. The van der Waals surface area contributed by atoms with Gasteiger partial charge in [-0.2, -0.15) is 0 Å². The van der Waals surface area contributed by atoms with Crippen LogP contribution in [-0.2, 0) is 6.54 Å². The van der Waals surface area contributed by atoms with Gasteiger partial charge in [-0.25, -0.2) is 4.98 Å². The first-order valence-corrected chi connectivity index (χ1v) is 8.63. The van der Waals surface area contributed by atoms with Crippen LogP contribution in [0, 0.1) is 5.92 Å². The van der Waals surface area contributed by atoms with E-state index in [0.29, 0.717) is 17.5 Å². The van der Waals surface area contributed by atoms with E-state index in [1.165, 1.54) is 18.0 Å². The van der Waals surface area contributed by atoms with Crippen LogP contribution in [0.5, 0.6) is 0 Å². The van der Waals surface area contributed by atoms with Crippen molar-refractivity contribution in [2.75, 3.05) is 6.26 Å². The van der Waals surface area contributed by atoms with E-state index in [1.807, 2.05) is 33.1 Å². The average molecular weight is 335 g/mol. The number of aromatic amines is 1. The molecule has 2 heterocycles. The molecule has 0 aromatic carbocycles. The maximum atomic E-state index is 12.9. The van der Waals surface area contributed by atoms with Crippen LogP contribution >= 0.6 is 11.8 Å². The average Bonchev–Trinajstić information content (AvgIpc) is 3.04. The molecule has 0 radical (unpaired) electrons. The van der Waals surface area contributed by atoms with Gasteiger partial charge in [0.2, 0.25) is 0 Å². The maximum Gasteiger partial charge on any atom is 0.264 e. The molecule has 0 aliphatic rings. The van der Waals surface area contributed by atoms with Crippen LogP contribution in [0.15, 0.2) is 39.0 Å². The number of aromatic nitrogens is 2. The third-order valence-electron chi connectivity index (χ3n) is 3.82. The summed E-state index contributed by atoms with van der Waals surface area (Å²) >= 11 is 1.32. The molecule has 7 heteroatoms. The number of carbonyl (C=O) groups excluding carboxylic acids is 1. The van der Waals surface area contributed by atoms with Gasteiger partial charge in [-0.1, -0.05) is 25.6 Å². The first-order chi connectivity index (χ1) is 10.9. The topological polar surface area (TPSA) is 79.2 Å². The number of hydrogen-bond acceptors (Lipinski definition) is 5. The Morgan fingerprint density at radius 2 is 2.17 bits per heavy atom. The van der Waals surface area contributed by atoms with Crippen LogP contribution in [-0.4, -0.2) is 33.1 Å². The highest BCUT2D eigenvalue weighted by Crippen LogP contribution is 2.17. The summed E-state index contributed by atoms with van der Waals surface area (Å²) in [5, 5.41) is 0.487. The number of thioether (sulfide) groups is 1. The van der Waals surface area contributed by atoms with E-state index in [2.05, 4.69) is 9.97 Å². The monoisotopic (exact) mass is 335 g/mol. The Kier molecular flexibility index (Phi) is 5.65. The van der Waals surface area contributed by atoms with Gasteiger partial charge < -0.3 is 14.3 Å². The van der Waals surface area contributed by atoms with Crippen molar-refractivity contribution in [2.45, 2.75) is 38.5 Å². The van der Waals surface area contributed by atoms with Crippen LogP contribution in [0.25, 0.3) is 0 Å². The molecule has 2 aromatic heterocycles. The van der Waals surface area contributed by atoms with E-state index < -0.39 is 5.56 Å². The third-order valence-corrected chi connectivity index (χ3v) is 4.42. The first-order valence-electron chi connectivity index (χ1n) is 7.40. The zero-order valence-corrected chi connectivity index (χ0v) is 14.5. The fourth-order valence-corrected chi connectivity index (χ4v) is 2.47. The van der Waals surface area contributed by atoms with Gasteiger partial charge in [-0.3, -0.25) is 9.59 Å². The van der Waals surface area contributed by atoms with Crippen molar-refractivity contribution < 1.29 is 9.21 Å². The van der Waals surface area contributed by atoms with Gasteiger partial charge in [0.25, 0.3) is 11.5 Å². The summed E-state index contributed by atoms with van der Waals surface area (Å²) in [5.41, 5.74) is -0.378. The number of carbonyl (C=O) groups is 1. The van der Waals surface area contributed by atoms with Crippen LogP contribution in [0.4, 0.5) is 0 Å². The number of nitrogens with zero attached hydrogens (tertiary/aromatic N) is 2. The SMILES string of the molecule is CSc1ncc(C(=O)N(Cc2ccco2)[C@H](C)C(C)C)c(=O)[nH]1. The molecular weight excluding hydrogens is 314 g/mol. The molecule has 1 atom stereocenters. The molecule has 2 aromatic rings. The van der Waals surface area contributed by atoms with Crippen molar-refractivity contribution >= 4 is 17.7 Å². The fraction of sp³-hybridized carbons (Fsp3) is 0.438. The van der Waals surface area contributed by atoms with Gasteiger partial charge in [0.1, 0.15) is 11.3 Å². The van der Waals surface area contributed by atoms with Gasteiger partial charge in [-0.05, 0) is 31.2 Å². The molecule has 0 aliphatic heterocycles. The predicted octanol–water partition coefficient (Wildman–Crippen LogP) is 2.77. The van der Waals surface area contributed by atoms with Crippen molar-refractivity contribution in [3.8, 4) is 0 Å². The number of furan rings is 1. The Labute approximate surface area is 139 Å². The summed E-state index contributed by atoms with van der Waals surface area (Å²) in [7, 11) is 0. The zero-order chi connectivity index (χ0) is 17.0. The molecule has 6 nitrogen and oxygen atoms in total. The lowest BCUT2D eigenvalue weighted by Crippen LogP contribution is -2.43. The summed E-state index contributed by atoms with van der Waals surface area (Å²) in [6.07, 6.45) is 4.72. The van der Waals surface area contributed by atoms with Crippen molar-refractivity contribution in [2.24, 2.45) is 5.92 Å². The Morgan fingerprint density at radius 3 is 2.70 bits per heavy atom. The van der Waals surface area contributed by atoms with Crippen molar-refractivity contribution in [3.05, 3.63) is 46.3 Å². The number of nitrogens with one attached hydrogen (secondary N) is 1. The van der Waals surface area contributed by atoms with Gasteiger partial charge in [-0.15, -0.1) is 0 Å². The minimum Gasteiger partial charge on any atom is -0.467 e. The Morgan fingerprint density at radius 1 is 1.43 bits per heavy atom. The largest absolute Gasteiger partial charge is 0.467 e. The van der Waals surface area contributed by atoms with E-state index in [0.717, 1.165) is 0 Å². The lowest BCUT2D eigenvalue weighted by molar-refractivity contribution is 0.0608. The summed E-state index contributed by atoms with van der Waals surface area (Å²) in [6, 6.07) is 3.54. The highest BCUT2D eigenvalue weighted by molar-refractivity contribution is 7.98. The minimum atomic E-state index is -0.422. The Bertz CT molecular complexity index is 710. The normalized spacial score (nSPS) is 12.4. The van der Waals surface area contributed by atoms with Crippen LogP contribution in [0.3, 0.4) is 0 Å². The molecular formula is C16H21N3O3S. The second-order valence-corrected chi connectivity index (χ2v) is 6.43. The number of rotatable bonds is 6. The van der Waals surface area contributed by atoms with Crippen LogP contribution < -0.4 is 5.56 Å².